The Morgan fingerprint density at radius 1 is 1.27 bits per heavy atom. The molecule has 2 N–H and O–H groups in total. The maximum absolute atomic E-state index is 13.9. The van der Waals surface area contributed by atoms with Gasteiger partial charge in [0, 0.05) is 37.9 Å². The highest BCUT2D eigenvalue weighted by atomic mass is 19.1. The second-order valence-electron chi connectivity index (χ2n) is 6.90. The Labute approximate surface area is 155 Å². The fourth-order valence-electron chi connectivity index (χ4n) is 4.14. The maximum Gasteiger partial charge on any atom is 0.236 e. The van der Waals surface area contributed by atoms with Crippen LogP contribution in [-0.4, -0.2) is 49.3 Å². The number of halogens is 1. The maximum atomic E-state index is 13.9. The van der Waals surface area contributed by atoms with Crippen molar-refractivity contribution in [1.82, 2.24) is 10.2 Å². The summed E-state index contributed by atoms with van der Waals surface area (Å²) in [5, 5.41) is 10.1. The Morgan fingerprint density at radius 2 is 2.00 bits per heavy atom. The lowest BCUT2D eigenvalue weighted by Gasteiger charge is -2.44. The van der Waals surface area contributed by atoms with Gasteiger partial charge >= 0.3 is 0 Å². The van der Waals surface area contributed by atoms with Crippen LogP contribution < -0.4 is 10.1 Å². The second-order valence-corrected chi connectivity index (χ2v) is 6.90. The van der Waals surface area contributed by atoms with Gasteiger partial charge in [-0.15, -0.1) is 0 Å². The molecule has 1 saturated carbocycles. The smallest absolute Gasteiger partial charge is 0.236 e. The number of nitrogens with one attached hydrogen (secondary N) is 1. The molecule has 1 amide bonds. The average Bonchev–Trinajstić information content (AvgIpc) is 2.70. The lowest BCUT2D eigenvalue weighted by atomic mass is 9.78. The standard InChI is InChI=1S/C19H27FN2O2.CH4O/c1-24-16-9-8-15(17(20)11-16)12-21-13-19(23)22-10-4-6-14-5-2-3-7-18(14)22;1-2/h8-9,11,14,18,21H,2-7,10,12-13H2,1H3;2H,1H3. The Hall–Kier alpha value is -1.66. The number of likely N-dealkylation sites (tertiary alicyclic amines) is 1. The van der Waals surface area contributed by atoms with Gasteiger partial charge in [0.15, 0.2) is 0 Å². The number of carbonyl (C=O) groups is 1. The van der Waals surface area contributed by atoms with Crippen molar-refractivity contribution in [1.29, 1.82) is 0 Å². The Bertz CT molecular complexity index is 580. The molecule has 1 heterocycles. The number of rotatable bonds is 5. The van der Waals surface area contributed by atoms with Crippen molar-refractivity contribution in [3.05, 3.63) is 29.6 Å². The van der Waals surface area contributed by atoms with E-state index in [9.17, 15) is 9.18 Å². The van der Waals surface area contributed by atoms with E-state index in [1.165, 1.54) is 38.9 Å². The quantitative estimate of drug-likeness (QED) is 0.841. The predicted molar refractivity (Wildman–Crippen MR) is 99.5 cm³/mol. The van der Waals surface area contributed by atoms with Gasteiger partial charge in [-0.1, -0.05) is 18.9 Å². The number of aliphatic hydroxyl groups is 1. The number of hydrogen-bond acceptors (Lipinski definition) is 4. The van der Waals surface area contributed by atoms with Gasteiger partial charge in [0.1, 0.15) is 11.6 Å². The van der Waals surface area contributed by atoms with Crippen LogP contribution >= 0.6 is 0 Å². The minimum Gasteiger partial charge on any atom is -0.497 e. The molecule has 0 radical (unpaired) electrons. The van der Waals surface area contributed by atoms with Crippen LogP contribution in [0.4, 0.5) is 4.39 Å². The zero-order valence-electron chi connectivity index (χ0n) is 15.8. The molecule has 0 bridgehead atoms. The van der Waals surface area contributed by atoms with Gasteiger partial charge in [-0.3, -0.25) is 4.79 Å². The van der Waals surface area contributed by atoms with Crippen molar-refractivity contribution in [2.75, 3.05) is 27.3 Å². The van der Waals surface area contributed by atoms with E-state index < -0.39 is 0 Å². The molecule has 0 spiro atoms. The number of hydrogen-bond donors (Lipinski definition) is 2. The third kappa shape index (κ3) is 5.17. The molecule has 2 atom stereocenters. The van der Waals surface area contributed by atoms with Crippen molar-refractivity contribution in [3.63, 3.8) is 0 Å². The van der Waals surface area contributed by atoms with E-state index in [2.05, 4.69) is 10.2 Å². The Morgan fingerprint density at radius 3 is 2.73 bits per heavy atom. The van der Waals surface area contributed by atoms with Gasteiger partial charge < -0.3 is 20.1 Å². The topological polar surface area (TPSA) is 61.8 Å². The number of aliphatic hydroxyl groups excluding tert-OH is 1. The molecule has 26 heavy (non-hydrogen) atoms. The zero-order valence-corrected chi connectivity index (χ0v) is 15.8. The van der Waals surface area contributed by atoms with Crippen LogP contribution in [0.25, 0.3) is 0 Å². The minimum absolute atomic E-state index is 0.153. The normalized spacial score (nSPS) is 22.1. The summed E-state index contributed by atoms with van der Waals surface area (Å²) in [6, 6.07) is 5.23. The van der Waals surface area contributed by atoms with Gasteiger partial charge in [-0.2, -0.15) is 0 Å². The summed E-state index contributed by atoms with van der Waals surface area (Å²) in [6.45, 7) is 1.50. The van der Waals surface area contributed by atoms with E-state index in [1.807, 2.05) is 0 Å². The van der Waals surface area contributed by atoms with Crippen LogP contribution in [0.2, 0.25) is 0 Å². The summed E-state index contributed by atoms with van der Waals surface area (Å²) in [4.78, 5) is 14.7. The number of ether oxygens (including phenoxy) is 1. The molecular weight excluding hydrogens is 335 g/mol. The van der Waals surface area contributed by atoms with Crippen molar-refractivity contribution < 1.29 is 19.0 Å². The summed E-state index contributed by atoms with van der Waals surface area (Å²) in [7, 11) is 2.52. The van der Waals surface area contributed by atoms with Crippen molar-refractivity contribution in [3.8, 4) is 5.75 Å². The van der Waals surface area contributed by atoms with Crippen molar-refractivity contribution in [2.45, 2.75) is 51.1 Å². The third-order valence-corrected chi connectivity index (χ3v) is 5.42. The lowest BCUT2D eigenvalue weighted by Crippen LogP contribution is -2.51. The van der Waals surface area contributed by atoms with E-state index in [4.69, 9.17) is 9.84 Å². The van der Waals surface area contributed by atoms with Crippen LogP contribution in [0.3, 0.4) is 0 Å². The first-order valence-electron chi connectivity index (χ1n) is 9.46. The highest BCUT2D eigenvalue weighted by molar-refractivity contribution is 5.78. The summed E-state index contributed by atoms with van der Waals surface area (Å²) < 4.78 is 18.9. The highest BCUT2D eigenvalue weighted by Crippen LogP contribution is 2.35. The Kier molecular flexibility index (Phi) is 8.32. The average molecular weight is 366 g/mol. The van der Waals surface area contributed by atoms with E-state index in [-0.39, 0.29) is 18.3 Å². The third-order valence-electron chi connectivity index (χ3n) is 5.42. The van der Waals surface area contributed by atoms with Crippen molar-refractivity contribution in [2.24, 2.45) is 5.92 Å². The molecule has 146 valence electrons. The van der Waals surface area contributed by atoms with Gasteiger partial charge in [0.25, 0.3) is 0 Å². The van der Waals surface area contributed by atoms with Crippen molar-refractivity contribution >= 4 is 5.91 Å². The zero-order chi connectivity index (χ0) is 18.9. The second kappa shape index (κ2) is 10.5. The van der Waals surface area contributed by atoms with Gasteiger partial charge in [0.2, 0.25) is 5.91 Å². The molecule has 1 aliphatic carbocycles. The number of methoxy groups -OCH3 is 1. The van der Waals surface area contributed by atoms with Gasteiger partial charge in [0.05, 0.1) is 13.7 Å². The first-order valence-corrected chi connectivity index (χ1v) is 9.46. The lowest BCUT2D eigenvalue weighted by molar-refractivity contribution is -0.136. The molecule has 2 aliphatic rings. The minimum atomic E-state index is -0.306. The molecule has 2 fully saturated rings. The number of nitrogens with zero attached hydrogens (tertiary/aromatic N) is 1. The molecule has 0 aromatic heterocycles. The molecule has 6 heteroatoms. The first-order chi connectivity index (χ1) is 12.7. The number of benzene rings is 1. The molecule has 5 nitrogen and oxygen atoms in total. The van der Waals surface area contributed by atoms with Crippen LogP contribution in [0.1, 0.15) is 44.1 Å². The van der Waals surface area contributed by atoms with Gasteiger partial charge in [-0.05, 0) is 37.7 Å². The number of fused-ring (bicyclic) bond motifs is 1. The van der Waals surface area contributed by atoms with Crippen LogP contribution in [0.5, 0.6) is 5.75 Å². The van der Waals surface area contributed by atoms with E-state index >= 15 is 0 Å². The summed E-state index contributed by atoms with van der Waals surface area (Å²) in [5.41, 5.74) is 0.554. The largest absolute Gasteiger partial charge is 0.497 e. The molecule has 3 rings (SSSR count). The summed E-state index contributed by atoms with van der Waals surface area (Å²) >= 11 is 0. The molecule has 1 saturated heterocycles. The van der Waals surface area contributed by atoms with Crippen LogP contribution in [0, 0.1) is 11.7 Å². The molecule has 1 aromatic rings. The van der Waals surface area contributed by atoms with E-state index in [0.29, 0.717) is 29.8 Å². The summed E-state index contributed by atoms with van der Waals surface area (Å²) in [6.07, 6.45) is 7.31. The monoisotopic (exact) mass is 366 g/mol. The molecule has 1 aromatic carbocycles. The fourth-order valence-corrected chi connectivity index (χ4v) is 4.14. The first kappa shape index (κ1) is 20.6. The molecule has 1 aliphatic heterocycles. The van der Waals surface area contributed by atoms with E-state index in [0.717, 1.165) is 26.5 Å². The van der Waals surface area contributed by atoms with Gasteiger partial charge in [-0.25, -0.2) is 4.39 Å². The number of carbonyl (C=O) groups excluding carboxylic acids is 1. The number of piperidine rings is 1. The Balaban J connectivity index is 0.00000117. The van der Waals surface area contributed by atoms with Crippen LogP contribution in [-0.2, 0) is 11.3 Å². The SMILES string of the molecule is CO.COc1ccc(CNCC(=O)N2CCCC3CCCCC32)c(F)c1. The fraction of sp³-hybridized carbons (Fsp3) is 0.650. The number of amides is 1. The molecular formula is C20H31FN2O3. The predicted octanol–water partition coefficient (Wildman–Crippen LogP) is 2.71. The summed E-state index contributed by atoms with van der Waals surface area (Å²) in [5.74, 6) is 1.04. The van der Waals surface area contributed by atoms with E-state index in [1.54, 1.807) is 12.1 Å². The van der Waals surface area contributed by atoms with Crippen LogP contribution in [0.15, 0.2) is 18.2 Å². The molecule has 2 unspecified atom stereocenters. The highest BCUT2D eigenvalue weighted by Gasteiger charge is 2.35.